The van der Waals surface area contributed by atoms with Gasteiger partial charge < -0.3 is 15.2 Å². The Balaban J connectivity index is 0.00000154. The smallest absolute Gasteiger partial charge is 0.184 e. The number of hydrogen-bond donors (Lipinski definition) is 2. The van der Waals surface area contributed by atoms with Crippen LogP contribution in [-0.4, -0.2) is 33.7 Å². The second-order valence-corrected chi connectivity index (χ2v) is 8.43. The molecule has 0 amide bonds. The molecule has 0 aliphatic heterocycles. The number of H-pyrrole nitrogens is 1. The number of nitrogens with one attached hydrogen (secondary N) is 1. The van der Waals surface area contributed by atoms with Gasteiger partial charge in [0.15, 0.2) is 11.6 Å². The van der Waals surface area contributed by atoms with Crippen LogP contribution in [0.5, 0.6) is 0 Å². The van der Waals surface area contributed by atoms with Gasteiger partial charge in [0.05, 0.1) is 11.9 Å². The molecule has 2 heterocycles. The van der Waals surface area contributed by atoms with E-state index >= 15 is 0 Å². The highest BCUT2D eigenvalue weighted by atomic mass is 16.5. The molecule has 3 rings (SSSR count). The summed E-state index contributed by atoms with van der Waals surface area (Å²) in [4.78, 5) is 31.7. The third-order valence-corrected chi connectivity index (χ3v) is 5.51. The van der Waals surface area contributed by atoms with Crippen LogP contribution in [0.1, 0.15) is 87.2 Å². The Morgan fingerprint density at radius 3 is 2.47 bits per heavy atom. The number of imidazole rings is 1. The number of hydrogen-bond acceptors (Lipinski definition) is 6. The predicted octanol–water partition coefficient (Wildman–Crippen LogP) is 6.59. The summed E-state index contributed by atoms with van der Waals surface area (Å²) in [6, 6.07) is 7.83. The summed E-state index contributed by atoms with van der Waals surface area (Å²) in [7, 11) is 1.50. The normalized spacial score (nSPS) is 10.6. The number of nitrogens with zero attached hydrogens (tertiary/aromatic N) is 2. The van der Waals surface area contributed by atoms with Crippen molar-refractivity contribution in [1.29, 1.82) is 0 Å². The first-order chi connectivity index (χ1) is 17.4. The number of aromatic nitrogens is 3. The Bertz CT molecular complexity index is 1070. The van der Waals surface area contributed by atoms with Gasteiger partial charge in [-0.25, -0.2) is 4.98 Å². The van der Waals surface area contributed by atoms with Crippen molar-refractivity contribution in [2.45, 2.75) is 73.1 Å². The van der Waals surface area contributed by atoms with Crippen LogP contribution in [0.15, 0.2) is 47.3 Å². The summed E-state index contributed by atoms with van der Waals surface area (Å²) in [5.74, 6) is 1.13. The summed E-state index contributed by atoms with van der Waals surface area (Å²) in [6.07, 6.45) is 12.1. The highest BCUT2D eigenvalue weighted by Gasteiger charge is 2.09. The van der Waals surface area contributed by atoms with Gasteiger partial charge in [-0.15, -0.1) is 0 Å². The minimum atomic E-state index is -0.00107. The molecule has 0 atom stereocenters. The van der Waals surface area contributed by atoms with Crippen LogP contribution in [0.25, 0.3) is 17.3 Å². The number of aryl methyl sites for hydroxylation is 2. The van der Waals surface area contributed by atoms with Gasteiger partial charge in [-0.3, -0.25) is 9.59 Å². The van der Waals surface area contributed by atoms with Crippen LogP contribution < -0.4 is 5.73 Å². The summed E-state index contributed by atoms with van der Waals surface area (Å²) in [5.41, 5.74) is 9.10. The number of rotatable bonds is 12. The Hall–Kier alpha value is -3.32. The first-order valence-electron chi connectivity index (χ1n) is 12.8. The molecule has 7 nitrogen and oxygen atoms in total. The summed E-state index contributed by atoms with van der Waals surface area (Å²) in [5, 5.41) is 3.68. The molecule has 196 valence electrons. The number of nitrogens with two attached hydrogens (primary N) is 1. The molecule has 0 fully saturated rings. The van der Waals surface area contributed by atoms with Crippen molar-refractivity contribution < 1.29 is 14.1 Å². The number of allylic oxidation sites excluding steroid dienone is 1. The first kappa shape index (κ1) is 30.7. The van der Waals surface area contributed by atoms with Gasteiger partial charge in [-0.1, -0.05) is 63.9 Å². The van der Waals surface area contributed by atoms with E-state index in [1.54, 1.807) is 12.1 Å². The molecule has 3 N–H and O–H groups in total. The topological polar surface area (TPSA) is 115 Å². The molecule has 1 aromatic carbocycles. The zero-order chi connectivity index (χ0) is 26.9. The van der Waals surface area contributed by atoms with Gasteiger partial charge in [0, 0.05) is 30.4 Å². The van der Waals surface area contributed by atoms with Gasteiger partial charge in [-0.05, 0) is 50.1 Å². The van der Waals surface area contributed by atoms with E-state index < -0.39 is 0 Å². The zero-order valence-corrected chi connectivity index (χ0v) is 22.6. The maximum atomic E-state index is 11.9. The van der Waals surface area contributed by atoms with Crippen LogP contribution in [-0.2, 0) is 11.2 Å². The number of aromatic amines is 1. The lowest BCUT2D eigenvalue weighted by Gasteiger charge is -2.05. The lowest BCUT2D eigenvalue weighted by Crippen LogP contribution is -2.01. The van der Waals surface area contributed by atoms with Gasteiger partial charge >= 0.3 is 0 Å². The molecule has 0 saturated heterocycles. The molecule has 0 unspecified atom stereocenters. The maximum Gasteiger partial charge on any atom is 0.184 e. The molecule has 0 aliphatic carbocycles. The van der Waals surface area contributed by atoms with Crippen LogP contribution in [0, 0.1) is 12.8 Å². The molecule has 36 heavy (non-hydrogen) atoms. The van der Waals surface area contributed by atoms with Crippen molar-refractivity contribution in [3.8, 4) is 11.3 Å². The Kier molecular flexibility index (Phi) is 14.6. The van der Waals surface area contributed by atoms with E-state index in [9.17, 15) is 9.59 Å². The minimum Gasteiger partial charge on any atom is -0.364 e. The van der Waals surface area contributed by atoms with Gasteiger partial charge in [-0.2, -0.15) is 0 Å². The van der Waals surface area contributed by atoms with Crippen molar-refractivity contribution in [1.82, 2.24) is 15.1 Å². The lowest BCUT2D eigenvalue weighted by molar-refractivity contribution is -0.117. The van der Waals surface area contributed by atoms with Gasteiger partial charge in [0.1, 0.15) is 17.8 Å². The Morgan fingerprint density at radius 1 is 1.08 bits per heavy atom. The number of ketones is 2. The third-order valence-electron chi connectivity index (χ3n) is 5.51. The lowest BCUT2D eigenvalue weighted by atomic mass is 10.0. The van der Waals surface area contributed by atoms with E-state index in [0.717, 1.165) is 60.3 Å². The van der Waals surface area contributed by atoms with Crippen LogP contribution in [0.4, 0.5) is 0 Å². The number of carbonyl (C=O) groups excluding carboxylic acids is 2. The SMILES string of the molecule is CC.CN.Cc1ccc(-c2cnc(CCCCCCC(=O)c3ccon3)[nH]2)cc1/C=C\C(=O)C(C)C. The van der Waals surface area contributed by atoms with Crippen LogP contribution in [0.3, 0.4) is 0 Å². The van der Waals surface area contributed by atoms with E-state index in [2.05, 4.69) is 39.1 Å². The standard InChI is InChI=1S/C26H31N3O3.C2H6.CH5N/c1-18(2)24(30)13-12-20-16-21(11-10-19(20)3)23-17-27-26(28-23)9-7-5-4-6-8-25(31)22-14-15-32-29-22;2*1-2/h10-18H,4-9H2,1-3H3,(H,27,28);1-2H3;2H2,1H3/b13-12-;;. The highest BCUT2D eigenvalue weighted by molar-refractivity contribution is 5.95. The zero-order valence-electron chi connectivity index (χ0n) is 22.6. The Morgan fingerprint density at radius 2 is 1.81 bits per heavy atom. The number of carbonyl (C=O) groups is 2. The van der Waals surface area contributed by atoms with E-state index in [-0.39, 0.29) is 17.5 Å². The van der Waals surface area contributed by atoms with Crippen LogP contribution >= 0.6 is 0 Å². The largest absolute Gasteiger partial charge is 0.364 e. The number of Topliss-reactive ketones (excluding diaryl/α,β-unsaturated/α-hetero) is 1. The average Bonchev–Trinajstić information content (AvgIpc) is 3.60. The van der Waals surface area contributed by atoms with Gasteiger partial charge in [0.2, 0.25) is 0 Å². The predicted molar refractivity (Wildman–Crippen MR) is 147 cm³/mol. The first-order valence-corrected chi connectivity index (χ1v) is 12.8. The minimum absolute atomic E-state index is 0.00107. The molecule has 0 aliphatic rings. The second-order valence-electron chi connectivity index (χ2n) is 8.43. The van der Waals surface area contributed by atoms with Crippen molar-refractivity contribution in [3.63, 3.8) is 0 Å². The summed E-state index contributed by atoms with van der Waals surface area (Å²) < 4.78 is 4.71. The summed E-state index contributed by atoms with van der Waals surface area (Å²) >= 11 is 0. The second kappa shape index (κ2) is 17.2. The molecule has 0 spiro atoms. The van der Waals surface area contributed by atoms with Gasteiger partial charge in [0.25, 0.3) is 0 Å². The summed E-state index contributed by atoms with van der Waals surface area (Å²) in [6.45, 7) is 9.85. The molecular weight excluding hydrogens is 452 g/mol. The molecule has 0 radical (unpaired) electrons. The molecular formula is C29H42N4O3. The van der Waals surface area contributed by atoms with Crippen molar-refractivity contribution in [2.24, 2.45) is 11.7 Å². The van der Waals surface area contributed by atoms with Crippen LogP contribution in [0.2, 0.25) is 0 Å². The number of benzene rings is 1. The van der Waals surface area contributed by atoms with Crippen molar-refractivity contribution in [3.05, 3.63) is 65.4 Å². The van der Waals surface area contributed by atoms with E-state index in [0.29, 0.717) is 12.1 Å². The molecule has 0 saturated carbocycles. The monoisotopic (exact) mass is 494 g/mol. The van der Waals surface area contributed by atoms with E-state index in [1.807, 2.05) is 46.9 Å². The fourth-order valence-electron chi connectivity index (χ4n) is 3.40. The van der Waals surface area contributed by atoms with E-state index in [1.165, 1.54) is 13.3 Å². The van der Waals surface area contributed by atoms with Crippen molar-refractivity contribution in [2.75, 3.05) is 7.05 Å². The maximum absolute atomic E-state index is 11.9. The molecule has 2 aromatic heterocycles. The molecule has 7 heteroatoms. The molecule has 3 aromatic rings. The third kappa shape index (κ3) is 10.1. The fourth-order valence-corrected chi connectivity index (χ4v) is 3.40. The van der Waals surface area contributed by atoms with Crippen molar-refractivity contribution >= 4 is 17.6 Å². The highest BCUT2D eigenvalue weighted by Crippen LogP contribution is 2.22. The van der Waals surface area contributed by atoms with E-state index in [4.69, 9.17) is 4.52 Å². The Labute approximate surface area is 215 Å². The number of unbranched alkanes of at least 4 members (excludes halogenated alkanes) is 3. The molecule has 0 bridgehead atoms. The fraction of sp³-hybridized carbons (Fsp3) is 0.448. The quantitative estimate of drug-likeness (QED) is 0.167. The average molecular weight is 495 g/mol.